The summed E-state index contributed by atoms with van der Waals surface area (Å²) < 4.78 is 26.7. The first-order valence-corrected chi connectivity index (χ1v) is 7.52. The summed E-state index contributed by atoms with van der Waals surface area (Å²) in [6, 6.07) is 1.47. The largest absolute Gasteiger partial charge is 0.398 e. The fourth-order valence-corrected chi connectivity index (χ4v) is 3.30. The lowest BCUT2D eigenvalue weighted by Gasteiger charge is -2.32. The first-order valence-electron chi connectivity index (χ1n) is 5.16. The third kappa shape index (κ3) is 3.67. The molecule has 0 saturated carbocycles. The van der Waals surface area contributed by atoms with E-state index in [0.717, 1.165) is 11.3 Å². The van der Waals surface area contributed by atoms with Crippen LogP contribution in [0.1, 0.15) is 13.8 Å². The Hall–Kier alpha value is -0.630. The van der Waals surface area contributed by atoms with Gasteiger partial charge in [-0.2, -0.15) is 0 Å². The van der Waals surface area contributed by atoms with Gasteiger partial charge in [0.05, 0.1) is 0 Å². The van der Waals surface area contributed by atoms with Gasteiger partial charge in [-0.15, -0.1) is 11.3 Å². The van der Waals surface area contributed by atoms with Crippen LogP contribution in [0, 0.1) is 0 Å². The third-order valence-electron chi connectivity index (χ3n) is 2.77. The minimum atomic E-state index is -3.44. The Morgan fingerprint density at radius 3 is 2.47 bits per heavy atom. The van der Waals surface area contributed by atoms with Crippen molar-refractivity contribution in [1.29, 1.82) is 0 Å². The summed E-state index contributed by atoms with van der Waals surface area (Å²) in [4.78, 5) is 1.97. The molecule has 0 aliphatic rings. The van der Waals surface area contributed by atoms with Crippen molar-refractivity contribution in [3.05, 3.63) is 11.4 Å². The second kappa shape index (κ2) is 4.93. The van der Waals surface area contributed by atoms with E-state index in [1.54, 1.807) is 5.38 Å². The van der Waals surface area contributed by atoms with E-state index in [4.69, 9.17) is 5.73 Å². The predicted molar refractivity (Wildman–Crippen MR) is 71.7 cm³/mol. The quantitative estimate of drug-likeness (QED) is 0.840. The highest BCUT2D eigenvalue weighted by Crippen LogP contribution is 2.21. The Morgan fingerprint density at radius 2 is 2.06 bits per heavy atom. The molecule has 1 aromatic heterocycles. The molecule has 0 unspecified atom stereocenters. The van der Waals surface area contributed by atoms with Crippen LogP contribution in [0.3, 0.4) is 0 Å². The summed E-state index contributed by atoms with van der Waals surface area (Å²) in [6.45, 7) is 4.29. The highest BCUT2D eigenvalue weighted by molar-refractivity contribution is 7.91. The second-order valence-corrected chi connectivity index (χ2v) is 7.64. The van der Waals surface area contributed by atoms with Crippen molar-refractivity contribution in [3.63, 3.8) is 0 Å². The molecule has 0 bridgehead atoms. The van der Waals surface area contributed by atoms with E-state index >= 15 is 0 Å². The molecule has 3 N–H and O–H groups in total. The number of rotatable bonds is 5. The van der Waals surface area contributed by atoms with Crippen molar-refractivity contribution in [2.24, 2.45) is 0 Å². The van der Waals surface area contributed by atoms with E-state index in [9.17, 15) is 8.42 Å². The Balaban J connectivity index is 2.76. The lowest BCUT2D eigenvalue weighted by molar-refractivity contribution is 0.199. The molecule has 0 saturated heterocycles. The van der Waals surface area contributed by atoms with Crippen LogP contribution in [-0.2, 0) is 10.0 Å². The molecule has 0 spiro atoms. The number of nitrogens with two attached hydrogens (primary N) is 1. The zero-order valence-corrected chi connectivity index (χ0v) is 12.2. The molecule has 1 heterocycles. The normalized spacial score (nSPS) is 13.2. The van der Waals surface area contributed by atoms with E-state index in [0.29, 0.717) is 12.2 Å². The van der Waals surface area contributed by atoms with Crippen LogP contribution < -0.4 is 10.5 Å². The van der Waals surface area contributed by atoms with Gasteiger partial charge in [0.15, 0.2) is 0 Å². The molecule has 1 rings (SSSR count). The van der Waals surface area contributed by atoms with Crippen LogP contribution in [-0.4, -0.2) is 39.5 Å². The van der Waals surface area contributed by atoms with E-state index in [2.05, 4.69) is 4.72 Å². The summed E-state index contributed by atoms with van der Waals surface area (Å²) in [5.41, 5.74) is 5.75. The Bertz CT molecular complexity index is 477. The lowest BCUT2D eigenvalue weighted by atomic mass is 10.1. The number of anilines is 1. The zero-order valence-electron chi connectivity index (χ0n) is 10.5. The standard InChI is InChI=1S/C10H19N3O2S2/c1-10(2,13(3)4)7-12-17(14,15)9-5-8(11)6-16-9/h5-6,12H,7,11H2,1-4H3. The number of hydrogen-bond donors (Lipinski definition) is 2. The smallest absolute Gasteiger partial charge is 0.250 e. The first-order chi connectivity index (χ1) is 7.65. The molecule has 0 amide bonds. The topological polar surface area (TPSA) is 75.4 Å². The van der Waals surface area contributed by atoms with Gasteiger partial charge in [-0.3, -0.25) is 0 Å². The molecule has 0 aromatic carbocycles. The van der Waals surface area contributed by atoms with Gasteiger partial charge >= 0.3 is 0 Å². The molecule has 0 radical (unpaired) electrons. The van der Waals surface area contributed by atoms with Crippen LogP contribution in [0.5, 0.6) is 0 Å². The number of nitrogen functional groups attached to an aromatic ring is 1. The third-order valence-corrected chi connectivity index (χ3v) is 5.63. The maximum atomic E-state index is 11.9. The number of likely N-dealkylation sites (N-methyl/N-ethyl adjacent to an activating group) is 1. The average molecular weight is 277 g/mol. The van der Waals surface area contributed by atoms with Crippen LogP contribution in [0.25, 0.3) is 0 Å². The maximum absolute atomic E-state index is 11.9. The second-order valence-electron chi connectivity index (χ2n) is 4.73. The predicted octanol–water partition coefficient (Wildman–Crippen LogP) is 0.949. The SMILES string of the molecule is CN(C)C(C)(C)CNS(=O)(=O)c1cc(N)cs1. The molecule has 7 heteroatoms. The summed E-state index contributed by atoms with van der Waals surface area (Å²) in [6.07, 6.45) is 0. The van der Waals surface area contributed by atoms with Crippen LogP contribution in [0.4, 0.5) is 5.69 Å². The average Bonchev–Trinajstić information content (AvgIpc) is 2.63. The van der Waals surface area contributed by atoms with Crippen molar-refractivity contribution in [1.82, 2.24) is 9.62 Å². The lowest BCUT2D eigenvalue weighted by Crippen LogP contribution is -2.47. The molecule has 0 atom stereocenters. The molecule has 0 fully saturated rings. The van der Waals surface area contributed by atoms with E-state index < -0.39 is 10.0 Å². The fourth-order valence-electron chi connectivity index (χ4n) is 0.972. The van der Waals surface area contributed by atoms with Crippen molar-refractivity contribution < 1.29 is 8.42 Å². The molecule has 0 aliphatic heterocycles. The summed E-state index contributed by atoms with van der Waals surface area (Å²) >= 11 is 1.13. The van der Waals surface area contributed by atoms with Gasteiger partial charge in [0.2, 0.25) is 10.0 Å². The molecule has 98 valence electrons. The van der Waals surface area contributed by atoms with E-state index in [-0.39, 0.29) is 9.75 Å². The zero-order chi connectivity index (χ0) is 13.3. The van der Waals surface area contributed by atoms with Crippen molar-refractivity contribution in [2.75, 3.05) is 26.4 Å². The molecule has 17 heavy (non-hydrogen) atoms. The molecule has 5 nitrogen and oxygen atoms in total. The fraction of sp³-hybridized carbons (Fsp3) is 0.600. The number of sulfonamides is 1. The Morgan fingerprint density at radius 1 is 1.47 bits per heavy atom. The Kier molecular flexibility index (Phi) is 4.19. The van der Waals surface area contributed by atoms with Gasteiger partial charge in [0, 0.05) is 23.2 Å². The van der Waals surface area contributed by atoms with Gasteiger partial charge in [0.1, 0.15) is 4.21 Å². The maximum Gasteiger partial charge on any atom is 0.250 e. The van der Waals surface area contributed by atoms with Crippen LogP contribution >= 0.6 is 11.3 Å². The van der Waals surface area contributed by atoms with Crippen molar-refractivity contribution >= 4 is 27.0 Å². The highest BCUT2D eigenvalue weighted by Gasteiger charge is 2.24. The summed E-state index contributed by atoms with van der Waals surface area (Å²) in [5, 5.41) is 1.62. The highest BCUT2D eigenvalue weighted by atomic mass is 32.2. The molecular formula is C10H19N3O2S2. The first kappa shape index (κ1) is 14.4. The van der Waals surface area contributed by atoms with Gasteiger partial charge in [-0.25, -0.2) is 13.1 Å². The van der Waals surface area contributed by atoms with Gasteiger partial charge in [0.25, 0.3) is 0 Å². The van der Waals surface area contributed by atoms with Gasteiger partial charge in [-0.1, -0.05) is 0 Å². The van der Waals surface area contributed by atoms with Crippen molar-refractivity contribution in [3.8, 4) is 0 Å². The van der Waals surface area contributed by atoms with E-state index in [1.165, 1.54) is 6.07 Å². The number of nitrogens with zero attached hydrogens (tertiary/aromatic N) is 1. The Labute approximate surface area is 107 Å². The van der Waals surface area contributed by atoms with Gasteiger partial charge < -0.3 is 10.6 Å². The van der Waals surface area contributed by atoms with Crippen molar-refractivity contribution in [2.45, 2.75) is 23.6 Å². The summed E-state index contributed by atoms with van der Waals surface area (Å²) in [5.74, 6) is 0. The number of thiophene rings is 1. The molecular weight excluding hydrogens is 258 g/mol. The molecule has 0 aliphatic carbocycles. The summed E-state index contributed by atoms with van der Waals surface area (Å²) in [7, 11) is 0.384. The minimum Gasteiger partial charge on any atom is -0.398 e. The monoisotopic (exact) mass is 277 g/mol. The van der Waals surface area contributed by atoms with Crippen LogP contribution in [0.2, 0.25) is 0 Å². The molecule has 1 aromatic rings. The number of nitrogens with one attached hydrogen (secondary N) is 1. The van der Waals surface area contributed by atoms with E-state index in [1.807, 2.05) is 32.8 Å². The van der Waals surface area contributed by atoms with Crippen LogP contribution in [0.15, 0.2) is 15.7 Å². The minimum absolute atomic E-state index is 0.240. The van der Waals surface area contributed by atoms with Gasteiger partial charge in [-0.05, 0) is 34.0 Å². The number of hydrogen-bond acceptors (Lipinski definition) is 5.